The van der Waals surface area contributed by atoms with Crippen molar-refractivity contribution in [1.82, 2.24) is 14.1 Å². The maximum absolute atomic E-state index is 13.1. The molecule has 0 spiro atoms. The van der Waals surface area contributed by atoms with Crippen molar-refractivity contribution in [2.45, 2.75) is 37.2 Å². The Balaban J connectivity index is 2.06. The molecule has 0 saturated heterocycles. The highest BCUT2D eigenvalue weighted by atomic mass is 32.2. The van der Waals surface area contributed by atoms with Gasteiger partial charge < -0.3 is 5.11 Å². The summed E-state index contributed by atoms with van der Waals surface area (Å²) in [5, 5.41) is 13.2. The molecule has 1 aromatic carbocycles. The Labute approximate surface area is 140 Å². The van der Waals surface area contributed by atoms with Gasteiger partial charge in [0.25, 0.3) is 0 Å². The van der Waals surface area contributed by atoms with Crippen LogP contribution in [0.15, 0.2) is 35.4 Å². The molecule has 1 atom stereocenters. The molecule has 0 bridgehead atoms. The average molecular weight is 349 g/mol. The van der Waals surface area contributed by atoms with Crippen LogP contribution in [0.25, 0.3) is 0 Å². The van der Waals surface area contributed by atoms with Gasteiger partial charge in [0.2, 0.25) is 10.0 Å². The lowest BCUT2D eigenvalue weighted by molar-refractivity contribution is -0.138. The number of sulfonamides is 1. The predicted molar refractivity (Wildman–Crippen MR) is 86.9 cm³/mol. The number of hydrogen-bond donors (Lipinski definition) is 1. The molecule has 0 amide bonds. The molecule has 2 aromatic rings. The minimum Gasteiger partial charge on any atom is -0.481 e. The minimum absolute atomic E-state index is 0.125. The van der Waals surface area contributed by atoms with E-state index < -0.39 is 22.0 Å². The van der Waals surface area contributed by atoms with Crippen molar-refractivity contribution < 1.29 is 18.3 Å². The molecule has 0 saturated carbocycles. The number of rotatable bonds is 4. The van der Waals surface area contributed by atoms with Crippen LogP contribution in [0.4, 0.5) is 0 Å². The molecule has 8 heteroatoms. The second-order valence-corrected chi connectivity index (χ2v) is 7.85. The van der Waals surface area contributed by atoms with Crippen LogP contribution in [0.2, 0.25) is 0 Å². The molecule has 1 aliphatic heterocycles. The molecule has 1 aliphatic rings. The zero-order chi connectivity index (χ0) is 17.5. The third-order valence-electron chi connectivity index (χ3n) is 4.49. The summed E-state index contributed by atoms with van der Waals surface area (Å²) < 4.78 is 29.0. The monoisotopic (exact) mass is 349 g/mol. The highest BCUT2D eigenvalue weighted by Gasteiger charge is 2.38. The maximum atomic E-state index is 13.1. The lowest BCUT2D eigenvalue weighted by Gasteiger charge is -2.35. The van der Waals surface area contributed by atoms with E-state index in [9.17, 15) is 18.3 Å². The molecule has 128 valence electrons. The second kappa shape index (κ2) is 6.03. The molecule has 24 heavy (non-hydrogen) atoms. The van der Waals surface area contributed by atoms with Gasteiger partial charge >= 0.3 is 5.97 Å². The fourth-order valence-corrected chi connectivity index (χ4v) is 4.87. The lowest BCUT2D eigenvalue weighted by atomic mass is 9.94. The van der Waals surface area contributed by atoms with Gasteiger partial charge in [-0.3, -0.25) is 9.48 Å². The van der Waals surface area contributed by atoms with E-state index in [-0.39, 0.29) is 17.9 Å². The van der Waals surface area contributed by atoms with Crippen molar-refractivity contribution >= 4 is 16.0 Å². The topological polar surface area (TPSA) is 92.5 Å². The van der Waals surface area contributed by atoms with Crippen molar-refractivity contribution in [3.63, 3.8) is 0 Å². The smallest absolute Gasteiger partial charge is 0.304 e. The molecule has 0 radical (unpaired) electrons. The van der Waals surface area contributed by atoms with Gasteiger partial charge in [-0.15, -0.1) is 0 Å². The number of benzene rings is 1. The van der Waals surface area contributed by atoms with E-state index in [1.54, 1.807) is 14.0 Å². The van der Waals surface area contributed by atoms with Crippen LogP contribution < -0.4 is 0 Å². The maximum Gasteiger partial charge on any atom is 0.304 e. The molecule has 1 aromatic heterocycles. The normalized spacial score (nSPS) is 18.3. The van der Waals surface area contributed by atoms with E-state index in [4.69, 9.17) is 0 Å². The third kappa shape index (κ3) is 2.83. The lowest BCUT2D eigenvalue weighted by Crippen LogP contribution is -2.45. The Morgan fingerprint density at radius 1 is 1.33 bits per heavy atom. The van der Waals surface area contributed by atoms with Gasteiger partial charge in [-0.25, -0.2) is 8.42 Å². The molecule has 2 heterocycles. The number of fused-ring (bicyclic) bond motifs is 1. The van der Waals surface area contributed by atoms with Gasteiger partial charge in [-0.1, -0.05) is 24.3 Å². The number of hydrogen-bond acceptors (Lipinski definition) is 4. The van der Waals surface area contributed by atoms with Gasteiger partial charge in [0.15, 0.2) is 0 Å². The number of aromatic nitrogens is 2. The largest absolute Gasteiger partial charge is 0.481 e. The Morgan fingerprint density at radius 2 is 2.00 bits per heavy atom. The molecular formula is C16H19N3O4S. The van der Waals surface area contributed by atoms with Gasteiger partial charge in [0.05, 0.1) is 18.3 Å². The molecule has 0 unspecified atom stereocenters. The van der Waals surface area contributed by atoms with Crippen molar-refractivity contribution in [2.75, 3.05) is 0 Å². The van der Waals surface area contributed by atoms with E-state index in [2.05, 4.69) is 5.10 Å². The molecule has 7 nitrogen and oxygen atoms in total. The summed E-state index contributed by atoms with van der Waals surface area (Å²) >= 11 is 0. The number of carboxylic acids is 1. The number of aliphatic carboxylic acids is 1. The summed E-state index contributed by atoms with van der Waals surface area (Å²) in [4.78, 5) is 11.3. The molecule has 1 N–H and O–H groups in total. The second-order valence-electron chi connectivity index (χ2n) is 5.99. The molecule has 0 fully saturated rings. The van der Waals surface area contributed by atoms with E-state index in [0.29, 0.717) is 12.1 Å². The number of carbonyl (C=O) groups is 1. The average Bonchev–Trinajstić information content (AvgIpc) is 2.86. The first-order valence-electron chi connectivity index (χ1n) is 7.59. The van der Waals surface area contributed by atoms with Crippen LogP contribution >= 0.6 is 0 Å². The summed E-state index contributed by atoms with van der Waals surface area (Å²) in [6, 6.07) is 6.93. The summed E-state index contributed by atoms with van der Waals surface area (Å²) in [5.74, 6) is -1.01. The predicted octanol–water partition coefficient (Wildman–Crippen LogP) is 1.32. The number of aryl methyl sites for hydroxylation is 1. The minimum atomic E-state index is -3.82. The highest BCUT2D eigenvalue weighted by Crippen LogP contribution is 2.31. The van der Waals surface area contributed by atoms with Gasteiger partial charge in [-0.05, 0) is 24.5 Å². The van der Waals surface area contributed by atoms with E-state index in [1.165, 1.54) is 15.2 Å². The van der Waals surface area contributed by atoms with Gasteiger partial charge in [0.1, 0.15) is 4.90 Å². The van der Waals surface area contributed by atoms with Crippen LogP contribution in [0, 0.1) is 6.92 Å². The first kappa shape index (κ1) is 16.7. The Kier molecular flexibility index (Phi) is 4.18. The number of carboxylic acid groups (broad SMARTS) is 1. The fourth-order valence-electron chi connectivity index (χ4n) is 3.08. The zero-order valence-corrected chi connectivity index (χ0v) is 14.3. The Morgan fingerprint density at radius 3 is 2.58 bits per heavy atom. The van der Waals surface area contributed by atoms with E-state index >= 15 is 0 Å². The van der Waals surface area contributed by atoms with Crippen LogP contribution in [0.1, 0.15) is 23.2 Å². The van der Waals surface area contributed by atoms with E-state index in [1.807, 2.05) is 24.3 Å². The van der Waals surface area contributed by atoms with E-state index in [0.717, 1.165) is 11.1 Å². The third-order valence-corrected chi connectivity index (χ3v) is 6.50. The number of nitrogens with zero attached hydrogens (tertiary/aromatic N) is 3. The standard InChI is InChI=1S/C16H19N3O4S/c1-11-15(9-17-18(11)2)24(22,23)19-10-13-6-4-3-5-12(13)7-14(19)8-16(20)21/h3-6,9,14H,7-8,10H2,1-2H3,(H,20,21)/t14-/m0/s1. The molecular weight excluding hydrogens is 330 g/mol. The van der Waals surface area contributed by atoms with Crippen molar-refractivity contribution in [1.29, 1.82) is 0 Å². The van der Waals surface area contributed by atoms with Crippen LogP contribution in [0.5, 0.6) is 0 Å². The van der Waals surface area contributed by atoms with Gasteiger partial charge in [0, 0.05) is 19.6 Å². The van der Waals surface area contributed by atoms with Crippen molar-refractivity contribution in [2.24, 2.45) is 7.05 Å². The Bertz CT molecular complexity index is 888. The molecule has 3 rings (SSSR count). The van der Waals surface area contributed by atoms with Crippen molar-refractivity contribution in [3.8, 4) is 0 Å². The summed E-state index contributed by atoms with van der Waals surface area (Å²) in [6.07, 6.45) is 1.48. The highest BCUT2D eigenvalue weighted by molar-refractivity contribution is 7.89. The first-order valence-corrected chi connectivity index (χ1v) is 9.03. The SMILES string of the molecule is Cc1c(S(=O)(=O)N2Cc3ccccc3C[C@H]2CC(=O)O)cnn1C. The Hall–Kier alpha value is -2.19. The van der Waals surface area contributed by atoms with Crippen molar-refractivity contribution in [3.05, 3.63) is 47.3 Å². The summed E-state index contributed by atoms with van der Waals surface area (Å²) in [6.45, 7) is 1.86. The summed E-state index contributed by atoms with van der Waals surface area (Å²) in [7, 11) is -2.15. The van der Waals surface area contributed by atoms with Crippen LogP contribution in [0.3, 0.4) is 0 Å². The van der Waals surface area contributed by atoms with Gasteiger partial charge in [-0.2, -0.15) is 9.40 Å². The fraction of sp³-hybridized carbons (Fsp3) is 0.375. The quantitative estimate of drug-likeness (QED) is 0.899. The zero-order valence-electron chi connectivity index (χ0n) is 13.5. The van der Waals surface area contributed by atoms with Crippen LogP contribution in [-0.4, -0.2) is 39.6 Å². The first-order chi connectivity index (χ1) is 11.3. The van der Waals surface area contributed by atoms with Crippen LogP contribution in [-0.2, 0) is 34.8 Å². The summed E-state index contributed by atoms with van der Waals surface area (Å²) in [5.41, 5.74) is 2.44. The molecule has 0 aliphatic carbocycles.